The summed E-state index contributed by atoms with van der Waals surface area (Å²) in [7, 11) is 1.49. The molecule has 186 valence electrons. The minimum atomic E-state index is -1.05. The van der Waals surface area contributed by atoms with Gasteiger partial charge in [-0.2, -0.15) is 0 Å². The van der Waals surface area contributed by atoms with Crippen LogP contribution in [0.5, 0.6) is 5.75 Å². The van der Waals surface area contributed by atoms with Crippen molar-refractivity contribution in [3.05, 3.63) is 78.3 Å². The van der Waals surface area contributed by atoms with Gasteiger partial charge >= 0.3 is 12.0 Å². The van der Waals surface area contributed by atoms with Crippen molar-refractivity contribution in [2.45, 2.75) is 25.9 Å². The first-order chi connectivity index (χ1) is 17.4. The molecule has 1 aliphatic heterocycles. The van der Waals surface area contributed by atoms with E-state index in [-0.39, 0.29) is 19.6 Å². The van der Waals surface area contributed by atoms with Gasteiger partial charge in [-0.25, -0.2) is 14.5 Å². The van der Waals surface area contributed by atoms with Gasteiger partial charge in [0.2, 0.25) is 5.91 Å². The van der Waals surface area contributed by atoms with Gasteiger partial charge in [0.1, 0.15) is 17.6 Å². The second-order valence-corrected chi connectivity index (χ2v) is 7.93. The molecule has 10 heteroatoms. The molecule has 2 aromatic carbocycles. The van der Waals surface area contributed by atoms with Crippen molar-refractivity contribution in [2.75, 3.05) is 23.9 Å². The summed E-state index contributed by atoms with van der Waals surface area (Å²) in [6.45, 7) is 1.99. The van der Waals surface area contributed by atoms with Crippen molar-refractivity contribution >= 4 is 35.2 Å². The number of hydrogen-bond acceptors (Lipinski definition) is 7. The number of furan rings is 1. The lowest BCUT2D eigenvalue weighted by Crippen LogP contribution is -2.37. The summed E-state index contributed by atoms with van der Waals surface area (Å²) in [4.78, 5) is 53.8. The Morgan fingerprint density at radius 3 is 2.50 bits per heavy atom. The van der Waals surface area contributed by atoms with E-state index in [1.807, 2.05) is 0 Å². The van der Waals surface area contributed by atoms with E-state index in [0.717, 1.165) is 4.90 Å². The zero-order valence-electron chi connectivity index (χ0n) is 19.8. The van der Waals surface area contributed by atoms with Crippen molar-refractivity contribution in [3.8, 4) is 5.75 Å². The number of methoxy groups -OCH3 is 1. The predicted octanol–water partition coefficient (Wildman–Crippen LogP) is 3.83. The number of urea groups is 1. The fourth-order valence-corrected chi connectivity index (χ4v) is 3.86. The van der Waals surface area contributed by atoms with E-state index in [9.17, 15) is 19.2 Å². The maximum Gasteiger partial charge on any atom is 0.338 e. The van der Waals surface area contributed by atoms with E-state index in [4.69, 9.17) is 13.9 Å². The Hall–Kier alpha value is -4.60. The Labute approximate surface area is 207 Å². The lowest BCUT2D eigenvalue weighted by atomic mass is 10.1. The highest BCUT2D eigenvalue weighted by Gasteiger charge is 2.47. The molecule has 4 amide bonds. The van der Waals surface area contributed by atoms with E-state index in [1.165, 1.54) is 30.4 Å². The molecule has 1 atom stereocenters. The van der Waals surface area contributed by atoms with Gasteiger partial charge in [-0.15, -0.1) is 0 Å². The van der Waals surface area contributed by atoms with Crippen molar-refractivity contribution in [1.29, 1.82) is 0 Å². The first-order valence-electron chi connectivity index (χ1n) is 11.3. The van der Waals surface area contributed by atoms with Crippen molar-refractivity contribution in [3.63, 3.8) is 0 Å². The number of carbonyl (C=O) groups excluding carboxylic acids is 4. The number of rotatable bonds is 9. The number of carbonyl (C=O) groups is 4. The number of nitrogens with zero attached hydrogens (tertiary/aromatic N) is 2. The molecule has 0 saturated carbocycles. The molecule has 1 N–H and O–H groups in total. The van der Waals surface area contributed by atoms with Crippen molar-refractivity contribution < 1.29 is 33.1 Å². The quantitative estimate of drug-likeness (QED) is 0.357. The number of hydrogen-bond donors (Lipinski definition) is 1. The SMILES string of the molecule is CCOC(=O)c1ccc(NC(=O)CC2C(=O)N(c3cccc(OC)c3)C(=O)N2Cc2ccco2)cc1. The van der Waals surface area contributed by atoms with Gasteiger partial charge in [-0.3, -0.25) is 9.59 Å². The highest BCUT2D eigenvalue weighted by Crippen LogP contribution is 2.30. The highest BCUT2D eigenvalue weighted by atomic mass is 16.5. The number of esters is 1. The maximum absolute atomic E-state index is 13.4. The molecule has 4 rings (SSSR count). The Balaban J connectivity index is 1.53. The smallest absolute Gasteiger partial charge is 0.338 e. The van der Waals surface area contributed by atoms with Crippen LogP contribution in [0.15, 0.2) is 71.3 Å². The summed E-state index contributed by atoms with van der Waals surface area (Å²) in [5, 5.41) is 2.71. The van der Waals surface area contributed by atoms with Crippen molar-refractivity contribution in [2.24, 2.45) is 0 Å². The summed E-state index contributed by atoms with van der Waals surface area (Å²) in [6.07, 6.45) is 1.20. The van der Waals surface area contributed by atoms with Gasteiger partial charge in [0.15, 0.2) is 0 Å². The Kier molecular flexibility index (Phi) is 7.33. The molecule has 0 bridgehead atoms. The van der Waals surface area contributed by atoms with Crippen LogP contribution in [0.1, 0.15) is 29.5 Å². The summed E-state index contributed by atoms with van der Waals surface area (Å²) in [5.41, 5.74) is 1.13. The molecular weight excluding hydrogens is 466 g/mol. The fourth-order valence-electron chi connectivity index (χ4n) is 3.86. The van der Waals surface area contributed by atoms with Crippen LogP contribution in [0.25, 0.3) is 0 Å². The van der Waals surface area contributed by atoms with Crippen LogP contribution >= 0.6 is 0 Å². The van der Waals surface area contributed by atoms with Crippen LogP contribution in [-0.2, 0) is 20.9 Å². The minimum Gasteiger partial charge on any atom is -0.497 e. The molecule has 1 saturated heterocycles. The third kappa shape index (κ3) is 5.22. The van der Waals surface area contributed by atoms with Crippen LogP contribution in [0, 0.1) is 0 Å². The molecule has 36 heavy (non-hydrogen) atoms. The molecule has 1 aliphatic rings. The average Bonchev–Trinajstić information content (AvgIpc) is 3.47. The Morgan fingerprint density at radius 1 is 1.06 bits per heavy atom. The predicted molar refractivity (Wildman–Crippen MR) is 130 cm³/mol. The molecule has 1 fully saturated rings. The van der Waals surface area contributed by atoms with Crippen LogP contribution in [-0.4, -0.2) is 48.5 Å². The molecule has 1 aromatic heterocycles. The van der Waals surface area contributed by atoms with E-state index in [2.05, 4.69) is 5.32 Å². The largest absolute Gasteiger partial charge is 0.497 e. The molecular formula is C26H25N3O7. The van der Waals surface area contributed by atoms with Gasteiger partial charge < -0.3 is 24.1 Å². The third-order valence-electron chi connectivity index (χ3n) is 5.59. The lowest BCUT2D eigenvalue weighted by molar-refractivity contribution is -0.124. The first kappa shape index (κ1) is 24.5. The second kappa shape index (κ2) is 10.8. The zero-order chi connectivity index (χ0) is 25.7. The minimum absolute atomic E-state index is 0.0181. The number of ether oxygens (including phenoxy) is 2. The zero-order valence-corrected chi connectivity index (χ0v) is 19.8. The van der Waals surface area contributed by atoms with Crippen LogP contribution in [0.2, 0.25) is 0 Å². The summed E-state index contributed by atoms with van der Waals surface area (Å²) >= 11 is 0. The number of amides is 4. The van der Waals surface area contributed by atoms with Gasteiger partial charge in [0, 0.05) is 11.8 Å². The van der Waals surface area contributed by atoms with Gasteiger partial charge in [-0.1, -0.05) is 6.07 Å². The summed E-state index contributed by atoms with van der Waals surface area (Å²) in [5.74, 6) is -0.506. The summed E-state index contributed by atoms with van der Waals surface area (Å²) in [6, 6.07) is 14.5. The van der Waals surface area contributed by atoms with Gasteiger partial charge in [-0.05, 0) is 55.5 Å². The van der Waals surface area contributed by atoms with E-state index in [0.29, 0.717) is 28.4 Å². The summed E-state index contributed by atoms with van der Waals surface area (Å²) < 4.78 is 15.5. The van der Waals surface area contributed by atoms with E-state index < -0.39 is 29.9 Å². The number of imide groups is 1. The van der Waals surface area contributed by atoms with Crippen LogP contribution < -0.4 is 15.0 Å². The molecule has 1 unspecified atom stereocenters. The highest BCUT2D eigenvalue weighted by molar-refractivity contribution is 6.22. The first-order valence-corrected chi connectivity index (χ1v) is 11.3. The molecule has 3 aromatic rings. The molecule has 0 spiro atoms. The number of nitrogens with one attached hydrogen (secondary N) is 1. The molecule has 10 nitrogen and oxygen atoms in total. The normalized spacial score (nSPS) is 15.2. The Morgan fingerprint density at radius 2 is 1.83 bits per heavy atom. The van der Waals surface area contributed by atoms with Crippen LogP contribution in [0.4, 0.5) is 16.2 Å². The van der Waals surface area contributed by atoms with Crippen LogP contribution in [0.3, 0.4) is 0 Å². The monoisotopic (exact) mass is 491 g/mol. The number of anilines is 2. The second-order valence-electron chi connectivity index (χ2n) is 7.93. The van der Waals surface area contributed by atoms with E-state index >= 15 is 0 Å². The molecule has 0 aliphatic carbocycles. The third-order valence-corrected chi connectivity index (χ3v) is 5.59. The average molecular weight is 492 g/mol. The number of benzene rings is 2. The topological polar surface area (TPSA) is 118 Å². The van der Waals surface area contributed by atoms with Gasteiger partial charge in [0.25, 0.3) is 5.91 Å². The van der Waals surface area contributed by atoms with E-state index in [1.54, 1.807) is 55.5 Å². The Bertz CT molecular complexity index is 1250. The fraction of sp³-hybridized carbons (Fsp3) is 0.231. The molecule has 0 radical (unpaired) electrons. The standard InChI is InChI=1S/C26H25N3O7/c1-3-35-25(32)17-9-11-18(12-10-17)27-23(30)15-22-24(31)29(19-6-4-7-20(14-19)34-2)26(33)28(22)16-21-8-5-13-36-21/h4-14,22H,3,15-16H2,1-2H3,(H,27,30). The van der Waals surface area contributed by atoms with Crippen molar-refractivity contribution in [1.82, 2.24) is 4.90 Å². The van der Waals surface area contributed by atoms with Gasteiger partial charge in [0.05, 0.1) is 44.2 Å². The molecule has 2 heterocycles. The lowest BCUT2D eigenvalue weighted by Gasteiger charge is -2.20. The maximum atomic E-state index is 13.4.